The molecule has 1 aliphatic carbocycles. The van der Waals surface area contributed by atoms with Gasteiger partial charge in [0.05, 0.1) is 12.8 Å². The molecule has 0 radical (unpaired) electrons. The maximum atomic E-state index is 12.6. The number of nitrogens with one attached hydrogen (secondary N) is 1. The van der Waals surface area contributed by atoms with Gasteiger partial charge < -0.3 is 19.7 Å². The summed E-state index contributed by atoms with van der Waals surface area (Å²) in [6, 6.07) is 7.37. The first kappa shape index (κ1) is 23.0. The highest BCUT2D eigenvalue weighted by atomic mass is 16.5. The highest BCUT2D eigenvalue weighted by molar-refractivity contribution is 6.16. The molecular formula is C26H31N3O4. The topological polar surface area (TPSA) is 80.2 Å². The SMILES string of the molecule is COc1ccccc1/C=C1/OC2C=CC(C(=O)NCCCN3CCCC(C)C3)=CC2=NC1=O. The molecule has 4 rings (SSSR count). The maximum Gasteiger partial charge on any atom is 0.312 e. The Morgan fingerprint density at radius 1 is 1.36 bits per heavy atom. The van der Waals surface area contributed by atoms with Gasteiger partial charge >= 0.3 is 5.91 Å². The molecule has 2 amide bonds. The molecule has 0 spiro atoms. The molecule has 1 N–H and O–H groups in total. The Hall–Kier alpha value is -3.19. The molecule has 2 heterocycles. The lowest BCUT2D eigenvalue weighted by atomic mass is 10.00. The summed E-state index contributed by atoms with van der Waals surface area (Å²) in [6.45, 7) is 6.20. The van der Waals surface area contributed by atoms with Gasteiger partial charge in [-0.15, -0.1) is 0 Å². The van der Waals surface area contributed by atoms with Crippen LogP contribution in [-0.4, -0.2) is 61.8 Å². The maximum absolute atomic E-state index is 12.6. The summed E-state index contributed by atoms with van der Waals surface area (Å²) in [5, 5.41) is 2.97. The Bertz CT molecular complexity index is 1020. The van der Waals surface area contributed by atoms with Crippen molar-refractivity contribution < 1.29 is 19.1 Å². The molecule has 1 aromatic rings. The van der Waals surface area contributed by atoms with Gasteiger partial charge in [-0.05, 0) is 68.6 Å². The van der Waals surface area contributed by atoms with Gasteiger partial charge in [0.1, 0.15) is 5.75 Å². The molecule has 7 nitrogen and oxygen atoms in total. The van der Waals surface area contributed by atoms with E-state index in [2.05, 4.69) is 22.1 Å². The number of hydrogen-bond donors (Lipinski definition) is 1. The number of fused-ring (bicyclic) bond motifs is 1. The Balaban J connectivity index is 1.34. The van der Waals surface area contributed by atoms with Crippen LogP contribution in [0.1, 0.15) is 31.7 Å². The fourth-order valence-electron chi connectivity index (χ4n) is 4.39. The highest BCUT2D eigenvalue weighted by Crippen LogP contribution is 2.26. The molecular weight excluding hydrogens is 418 g/mol. The zero-order valence-corrected chi connectivity index (χ0v) is 19.3. The number of benzene rings is 1. The molecule has 1 aromatic carbocycles. The zero-order chi connectivity index (χ0) is 23.2. The number of carbonyl (C=O) groups is 2. The number of amides is 2. The van der Waals surface area contributed by atoms with Crippen LogP contribution < -0.4 is 10.1 Å². The third-order valence-corrected chi connectivity index (χ3v) is 6.11. The predicted molar refractivity (Wildman–Crippen MR) is 128 cm³/mol. The number of hydrogen-bond acceptors (Lipinski definition) is 5. The van der Waals surface area contributed by atoms with Crippen LogP contribution in [0.4, 0.5) is 0 Å². The van der Waals surface area contributed by atoms with Gasteiger partial charge in [-0.3, -0.25) is 9.59 Å². The van der Waals surface area contributed by atoms with Crippen molar-refractivity contribution in [1.29, 1.82) is 0 Å². The lowest BCUT2D eigenvalue weighted by Crippen LogP contribution is -2.37. The standard InChI is InChI=1S/C26H31N3O4/c1-18-7-5-13-29(17-18)14-6-12-27-25(30)20-10-11-23-21(15-20)28-26(31)24(33-23)16-19-8-3-4-9-22(19)32-2/h3-4,8-11,15-16,18,23H,5-7,12-14,17H2,1-2H3,(H,27,30)/b24-16+. The second-order valence-electron chi connectivity index (χ2n) is 8.75. The molecule has 0 saturated carbocycles. The quantitative estimate of drug-likeness (QED) is 0.511. The summed E-state index contributed by atoms with van der Waals surface area (Å²) < 4.78 is 11.2. The van der Waals surface area contributed by atoms with Gasteiger partial charge in [-0.2, -0.15) is 0 Å². The highest BCUT2D eigenvalue weighted by Gasteiger charge is 2.29. The van der Waals surface area contributed by atoms with E-state index in [1.165, 1.54) is 12.8 Å². The third kappa shape index (κ3) is 5.79. The van der Waals surface area contributed by atoms with Gasteiger partial charge in [0, 0.05) is 24.2 Å². The van der Waals surface area contributed by atoms with E-state index in [9.17, 15) is 9.59 Å². The zero-order valence-electron chi connectivity index (χ0n) is 19.3. The van der Waals surface area contributed by atoms with E-state index in [0.717, 1.165) is 37.5 Å². The minimum Gasteiger partial charge on any atom is -0.496 e. The number of likely N-dealkylation sites (tertiary alicyclic amines) is 1. The van der Waals surface area contributed by atoms with E-state index < -0.39 is 12.0 Å². The summed E-state index contributed by atoms with van der Waals surface area (Å²) in [4.78, 5) is 31.8. The lowest BCUT2D eigenvalue weighted by Gasteiger charge is -2.30. The largest absolute Gasteiger partial charge is 0.496 e. The van der Waals surface area contributed by atoms with Crippen LogP contribution in [0.2, 0.25) is 0 Å². The van der Waals surface area contributed by atoms with Gasteiger partial charge in [0.2, 0.25) is 0 Å². The van der Waals surface area contributed by atoms with Crippen molar-refractivity contribution >= 4 is 23.6 Å². The summed E-state index contributed by atoms with van der Waals surface area (Å²) in [5.74, 6) is 0.900. The van der Waals surface area contributed by atoms with E-state index in [4.69, 9.17) is 9.47 Å². The minimum atomic E-state index is -0.499. The van der Waals surface area contributed by atoms with E-state index in [0.29, 0.717) is 23.6 Å². The molecule has 174 valence electrons. The van der Waals surface area contributed by atoms with Crippen molar-refractivity contribution in [3.05, 3.63) is 59.4 Å². The first-order valence-corrected chi connectivity index (χ1v) is 11.6. The summed E-state index contributed by atoms with van der Waals surface area (Å²) >= 11 is 0. The number of carbonyl (C=O) groups excluding carboxylic acids is 2. The van der Waals surface area contributed by atoms with Crippen molar-refractivity contribution in [2.24, 2.45) is 10.9 Å². The molecule has 0 aromatic heterocycles. The van der Waals surface area contributed by atoms with Crippen molar-refractivity contribution in [3.63, 3.8) is 0 Å². The molecule has 7 heteroatoms. The van der Waals surface area contributed by atoms with Gasteiger partial charge in [-0.25, -0.2) is 4.99 Å². The van der Waals surface area contributed by atoms with E-state index >= 15 is 0 Å². The average molecular weight is 450 g/mol. The molecule has 3 aliphatic rings. The van der Waals surface area contributed by atoms with Crippen LogP contribution in [0.3, 0.4) is 0 Å². The molecule has 1 fully saturated rings. The monoisotopic (exact) mass is 449 g/mol. The third-order valence-electron chi connectivity index (χ3n) is 6.11. The number of rotatable bonds is 7. The van der Waals surface area contributed by atoms with Gasteiger partial charge in [0.15, 0.2) is 11.9 Å². The average Bonchev–Trinajstić information content (AvgIpc) is 2.82. The number of nitrogens with zero attached hydrogens (tertiary/aromatic N) is 2. The smallest absolute Gasteiger partial charge is 0.312 e. The van der Waals surface area contributed by atoms with Crippen molar-refractivity contribution in [2.75, 3.05) is 33.3 Å². The predicted octanol–water partition coefficient (Wildman–Crippen LogP) is 3.14. The Morgan fingerprint density at radius 3 is 3.03 bits per heavy atom. The molecule has 2 unspecified atom stereocenters. The number of piperidine rings is 1. The van der Waals surface area contributed by atoms with Gasteiger partial charge in [0.25, 0.3) is 5.91 Å². The second kappa shape index (κ2) is 10.6. The van der Waals surface area contributed by atoms with Gasteiger partial charge in [-0.1, -0.05) is 25.1 Å². The molecule has 2 aliphatic heterocycles. The van der Waals surface area contributed by atoms with E-state index in [-0.39, 0.29) is 11.7 Å². The minimum absolute atomic E-state index is 0.145. The normalized spacial score (nSPS) is 23.9. The molecule has 1 saturated heterocycles. The van der Waals surface area contributed by atoms with Crippen LogP contribution in [0.5, 0.6) is 5.75 Å². The fourth-order valence-corrected chi connectivity index (χ4v) is 4.39. The van der Waals surface area contributed by atoms with Crippen LogP contribution in [-0.2, 0) is 14.3 Å². The Kier molecular flexibility index (Phi) is 7.40. The first-order valence-electron chi connectivity index (χ1n) is 11.6. The van der Waals surface area contributed by atoms with Crippen LogP contribution in [0, 0.1) is 5.92 Å². The second-order valence-corrected chi connectivity index (χ2v) is 8.75. The number of aliphatic imine (C=N–C) groups is 1. The number of ether oxygens (including phenoxy) is 2. The molecule has 2 atom stereocenters. The van der Waals surface area contributed by atoms with Crippen LogP contribution >= 0.6 is 0 Å². The first-order chi connectivity index (χ1) is 16.0. The van der Waals surface area contributed by atoms with Crippen molar-refractivity contribution in [3.8, 4) is 5.75 Å². The Labute approximate surface area is 194 Å². The van der Waals surface area contributed by atoms with Crippen molar-refractivity contribution in [1.82, 2.24) is 10.2 Å². The van der Waals surface area contributed by atoms with Crippen LogP contribution in [0.25, 0.3) is 6.08 Å². The molecule has 33 heavy (non-hydrogen) atoms. The lowest BCUT2D eigenvalue weighted by molar-refractivity contribution is -0.119. The number of para-hydroxylation sites is 1. The van der Waals surface area contributed by atoms with Crippen molar-refractivity contribution in [2.45, 2.75) is 32.3 Å². The summed E-state index contributed by atoms with van der Waals surface area (Å²) in [5.41, 5.74) is 1.65. The van der Waals surface area contributed by atoms with Crippen LogP contribution in [0.15, 0.2) is 58.8 Å². The fraction of sp³-hybridized carbons (Fsp3) is 0.423. The molecule has 0 bridgehead atoms. The Morgan fingerprint density at radius 2 is 2.21 bits per heavy atom. The number of methoxy groups -OCH3 is 1. The van der Waals surface area contributed by atoms with E-state index in [1.54, 1.807) is 31.4 Å². The summed E-state index contributed by atoms with van der Waals surface area (Å²) in [6.07, 6.45) is 9.72. The summed E-state index contributed by atoms with van der Waals surface area (Å²) in [7, 11) is 1.58. The van der Waals surface area contributed by atoms with E-state index in [1.807, 2.05) is 24.3 Å².